The smallest absolute Gasteiger partial charge is 0.369 e. The third-order valence-electron chi connectivity index (χ3n) is 2.90. The first-order valence-corrected chi connectivity index (χ1v) is 5.27. The second-order valence-electron chi connectivity index (χ2n) is 4.01. The van der Waals surface area contributed by atoms with Crippen LogP contribution in [0, 0.1) is 6.92 Å². The lowest BCUT2D eigenvalue weighted by Crippen LogP contribution is -2.07. The van der Waals surface area contributed by atoms with Crippen LogP contribution in [0.1, 0.15) is 11.3 Å². The van der Waals surface area contributed by atoms with Gasteiger partial charge >= 0.3 is 6.18 Å². The fourth-order valence-corrected chi connectivity index (χ4v) is 1.79. The quantitative estimate of drug-likeness (QED) is 0.851. The fraction of sp³-hybridized carbons (Fsp3) is 0.250. The molecule has 3 nitrogen and oxygen atoms in total. The summed E-state index contributed by atoms with van der Waals surface area (Å²) in [5.41, 5.74) is 5.82. The Hall–Kier alpha value is -1.98. The molecule has 0 spiro atoms. The Morgan fingerprint density at radius 2 is 1.83 bits per heavy atom. The molecule has 1 aromatic heterocycles. The zero-order valence-electron chi connectivity index (χ0n) is 9.92. The molecular weight excluding hydrogens is 243 g/mol. The van der Waals surface area contributed by atoms with E-state index >= 15 is 0 Å². The zero-order chi connectivity index (χ0) is 13.5. The average Bonchev–Trinajstić information content (AvgIpc) is 2.56. The first-order chi connectivity index (χ1) is 8.32. The van der Waals surface area contributed by atoms with Crippen LogP contribution in [0.15, 0.2) is 24.3 Å². The number of nitrogens with two attached hydrogens (primary N) is 1. The number of benzene rings is 1. The molecule has 6 heteroatoms. The van der Waals surface area contributed by atoms with Gasteiger partial charge in [-0.3, -0.25) is 0 Å². The minimum Gasteiger partial charge on any atom is -0.369 e. The summed E-state index contributed by atoms with van der Waals surface area (Å²) in [6.07, 6.45) is -4.41. The van der Waals surface area contributed by atoms with Crippen molar-refractivity contribution in [3.63, 3.8) is 0 Å². The molecule has 0 aliphatic carbocycles. The van der Waals surface area contributed by atoms with E-state index in [1.807, 2.05) is 0 Å². The van der Waals surface area contributed by atoms with Crippen molar-refractivity contribution in [2.75, 3.05) is 5.73 Å². The Labute approximate surface area is 102 Å². The Morgan fingerprint density at radius 3 is 2.33 bits per heavy atom. The van der Waals surface area contributed by atoms with Gasteiger partial charge < -0.3 is 10.3 Å². The van der Waals surface area contributed by atoms with Gasteiger partial charge in [0.05, 0.1) is 11.3 Å². The fourth-order valence-electron chi connectivity index (χ4n) is 1.79. The molecule has 2 N–H and O–H groups in total. The number of rotatable bonds is 1. The van der Waals surface area contributed by atoms with Gasteiger partial charge in [0.25, 0.3) is 0 Å². The molecule has 0 aliphatic rings. The van der Waals surface area contributed by atoms with Crippen molar-refractivity contribution in [3.05, 3.63) is 35.5 Å². The number of imidazole rings is 1. The molecule has 0 bridgehead atoms. The molecule has 2 rings (SSSR count). The Kier molecular flexibility index (Phi) is 2.80. The van der Waals surface area contributed by atoms with Gasteiger partial charge in [-0.15, -0.1) is 0 Å². The standard InChI is InChI=1S/C12H12F3N3/c1-7-10(17-11(16)18(7)2)8-5-3-4-6-9(8)12(13,14)15/h3-6H,1-2H3,(H2,16,17). The molecule has 1 aromatic carbocycles. The molecule has 0 saturated carbocycles. The number of nitrogen functional groups attached to an aromatic ring is 1. The molecule has 0 atom stereocenters. The SMILES string of the molecule is Cc1c(-c2ccccc2C(F)(F)F)nc(N)n1C. The van der Waals surface area contributed by atoms with E-state index in [2.05, 4.69) is 4.98 Å². The van der Waals surface area contributed by atoms with Crippen LogP contribution in [0.25, 0.3) is 11.3 Å². The van der Waals surface area contributed by atoms with E-state index in [1.165, 1.54) is 12.1 Å². The highest BCUT2D eigenvalue weighted by Gasteiger charge is 2.34. The maximum atomic E-state index is 12.9. The molecule has 1 heterocycles. The van der Waals surface area contributed by atoms with E-state index in [9.17, 15) is 13.2 Å². The summed E-state index contributed by atoms with van der Waals surface area (Å²) in [5, 5.41) is 0. The van der Waals surface area contributed by atoms with Crippen LogP contribution in [-0.2, 0) is 13.2 Å². The van der Waals surface area contributed by atoms with Crippen molar-refractivity contribution in [3.8, 4) is 11.3 Å². The van der Waals surface area contributed by atoms with Crippen LogP contribution in [0.2, 0.25) is 0 Å². The molecule has 0 fully saturated rings. The van der Waals surface area contributed by atoms with Crippen molar-refractivity contribution in [2.45, 2.75) is 13.1 Å². The van der Waals surface area contributed by atoms with Gasteiger partial charge in [-0.25, -0.2) is 4.98 Å². The monoisotopic (exact) mass is 255 g/mol. The third-order valence-corrected chi connectivity index (χ3v) is 2.90. The molecule has 2 aromatic rings. The normalized spacial score (nSPS) is 11.8. The number of aromatic nitrogens is 2. The zero-order valence-corrected chi connectivity index (χ0v) is 9.92. The van der Waals surface area contributed by atoms with Crippen LogP contribution in [0.3, 0.4) is 0 Å². The van der Waals surface area contributed by atoms with Crippen molar-refractivity contribution in [1.82, 2.24) is 9.55 Å². The summed E-state index contributed by atoms with van der Waals surface area (Å²) in [6, 6.07) is 5.35. The number of hydrogen-bond acceptors (Lipinski definition) is 2. The van der Waals surface area contributed by atoms with E-state index in [0.717, 1.165) is 6.07 Å². The van der Waals surface area contributed by atoms with E-state index < -0.39 is 11.7 Å². The van der Waals surface area contributed by atoms with Gasteiger partial charge in [-0.1, -0.05) is 18.2 Å². The van der Waals surface area contributed by atoms with Gasteiger partial charge in [0, 0.05) is 18.3 Å². The molecule has 0 radical (unpaired) electrons. The minimum atomic E-state index is -4.41. The number of anilines is 1. The third kappa shape index (κ3) is 1.94. The molecule has 0 aliphatic heterocycles. The summed E-state index contributed by atoms with van der Waals surface area (Å²) in [5.74, 6) is 0.194. The van der Waals surface area contributed by atoms with E-state index in [-0.39, 0.29) is 17.2 Å². The molecule has 96 valence electrons. The van der Waals surface area contributed by atoms with Gasteiger partial charge in [0.2, 0.25) is 5.95 Å². The second kappa shape index (κ2) is 4.04. The van der Waals surface area contributed by atoms with E-state index in [4.69, 9.17) is 5.73 Å². The van der Waals surface area contributed by atoms with Crippen LogP contribution in [0.5, 0.6) is 0 Å². The molecule has 0 unspecified atom stereocenters. The number of alkyl halides is 3. The lowest BCUT2D eigenvalue weighted by atomic mass is 10.0. The highest BCUT2D eigenvalue weighted by atomic mass is 19.4. The van der Waals surface area contributed by atoms with Gasteiger partial charge in [0.15, 0.2) is 0 Å². The van der Waals surface area contributed by atoms with Gasteiger partial charge in [-0.2, -0.15) is 13.2 Å². The van der Waals surface area contributed by atoms with Crippen LogP contribution in [-0.4, -0.2) is 9.55 Å². The Balaban J connectivity index is 2.68. The molecule has 0 amide bonds. The van der Waals surface area contributed by atoms with Crippen molar-refractivity contribution in [1.29, 1.82) is 0 Å². The van der Waals surface area contributed by atoms with Crippen LogP contribution >= 0.6 is 0 Å². The van der Waals surface area contributed by atoms with Crippen LogP contribution in [0.4, 0.5) is 19.1 Å². The number of halogens is 3. The molecule has 0 saturated heterocycles. The Bertz CT molecular complexity index is 585. The van der Waals surface area contributed by atoms with Crippen molar-refractivity contribution in [2.24, 2.45) is 7.05 Å². The maximum Gasteiger partial charge on any atom is 0.417 e. The predicted molar refractivity (Wildman–Crippen MR) is 62.8 cm³/mol. The topological polar surface area (TPSA) is 43.8 Å². The summed E-state index contributed by atoms with van der Waals surface area (Å²) >= 11 is 0. The largest absolute Gasteiger partial charge is 0.417 e. The number of hydrogen-bond donors (Lipinski definition) is 1. The summed E-state index contributed by atoms with van der Waals surface area (Å²) in [7, 11) is 1.66. The average molecular weight is 255 g/mol. The maximum absolute atomic E-state index is 12.9. The lowest BCUT2D eigenvalue weighted by molar-refractivity contribution is -0.137. The first kappa shape index (κ1) is 12.5. The molecular formula is C12H12F3N3. The first-order valence-electron chi connectivity index (χ1n) is 5.27. The van der Waals surface area contributed by atoms with Crippen LogP contribution < -0.4 is 5.73 Å². The highest BCUT2D eigenvalue weighted by Crippen LogP contribution is 2.37. The lowest BCUT2D eigenvalue weighted by Gasteiger charge is -2.11. The van der Waals surface area contributed by atoms with Crippen molar-refractivity contribution >= 4 is 5.95 Å². The predicted octanol–water partition coefficient (Wildman–Crippen LogP) is 3.00. The molecule has 18 heavy (non-hydrogen) atoms. The summed E-state index contributed by atoms with van der Waals surface area (Å²) < 4.78 is 40.3. The summed E-state index contributed by atoms with van der Waals surface area (Å²) in [4.78, 5) is 3.99. The summed E-state index contributed by atoms with van der Waals surface area (Å²) in [6.45, 7) is 1.69. The van der Waals surface area contributed by atoms with E-state index in [1.54, 1.807) is 24.6 Å². The number of nitrogens with zero attached hydrogens (tertiary/aromatic N) is 2. The van der Waals surface area contributed by atoms with Gasteiger partial charge in [-0.05, 0) is 13.0 Å². The minimum absolute atomic E-state index is 0.0507. The van der Waals surface area contributed by atoms with E-state index in [0.29, 0.717) is 5.69 Å². The van der Waals surface area contributed by atoms with Crippen molar-refractivity contribution < 1.29 is 13.2 Å². The second-order valence-corrected chi connectivity index (χ2v) is 4.01. The Morgan fingerprint density at radius 1 is 1.22 bits per heavy atom. The van der Waals surface area contributed by atoms with Gasteiger partial charge in [0.1, 0.15) is 0 Å². The highest BCUT2D eigenvalue weighted by molar-refractivity contribution is 5.68.